The molecule has 1 aliphatic carbocycles. The number of furan rings is 1. The molecule has 3 rings (SSSR count). The van der Waals surface area contributed by atoms with E-state index in [1.807, 2.05) is 19.1 Å². The van der Waals surface area contributed by atoms with Crippen LogP contribution in [0.4, 0.5) is 0 Å². The summed E-state index contributed by atoms with van der Waals surface area (Å²) in [4.78, 5) is 12.1. The van der Waals surface area contributed by atoms with Crippen molar-refractivity contribution < 1.29 is 9.21 Å². The zero-order chi connectivity index (χ0) is 14.0. The lowest BCUT2D eigenvalue weighted by molar-refractivity contribution is 0.0899. The van der Waals surface area contributed by atoms with Gasteiger partial charge in [-0.3, -0.25) is 4.79 Å². The normalized spacial score (nSPS) is 16.4. The molecule has 0 radical (unpaired) electrons. The van der Waals surface area contributed by atoms with Crippen LogP contribution in [-0.4, -0.2) is 12.5 Å². The average molecular weight is 269 g/mol. The van der Waals surface area contributed by atoms with Gasteiger partial charge in [-0.15, -0.1) is 0 Å². The fourth-order valence-electron chi connectivity index (χ4n) is 2.90. The van der Waals surface area contributed by atoms with Crippen molar-refractivity contribution in [1.29, 1.82) is 0 Å². The Morgan fingerprint density at radius 3 is 2.55 bits per heavy atom. The van der Waals surface area contributed by atoms with Gasteiger partial charge in [-0.05, 0) is 31.4 Å². The quantitative estimate of drug-likeness (QED) is 0.923. The summed E-state index contributed by atoms with van der Waals surface area (Å²) in [6.07, 6.45) is 5.05. The van der Waals surface area contributed by atoms with Gasteiger partial charge in [0.2, 0.25) is 0 Å². The van der Waals surface area contributed by atoms with E-state index in [1.165, 1.54) is 12.0 Å². The van der Waals surface area contributed by atoms with Gasteiger partial charge in [0.1, 0.15) is 0 Å². The Hall–Kier alpha value is -2.03. The van der Waals surface area contributed by atoms with Crippen LogP contribution in [0.3, 0.4) is 0 Å². The fraction of sp³-hybridized carbons (Fsp3) is 0.353. The summed E-state index contributed by atoms with van der Waals surface area (Å²) in [6, 6.07) is 12.3. The maximum atomic E-state index is 12.1. The van der Waals surface area contributed by atoms with Gasteiger partial charge in [0, 0.05) is 17.5 Å². The zero-order valence-corrected chi connectivity index (χ0v) is 11.7. The number of nitrogens with one attached hydrogen (secondary N) is 1. The molecular weight excluding hydrogens is 250 g/mol. The molecule has 1 N–H and O–H groups in total. The number of rotatable bonds is 4. The Labute approximate surface area is 119 Å². The molecule has 3 nitrogen and oxygen atoms in total. The molecule has 0 saturated heterocycles. The van der Waals surface area contributed by atoms with Crippen LogP contribution in [0.25, 0.3) is 0 Å². The van der Waals surface area contributed by atoms with Gasteiger partial charge in [-0.25, -0.2) is 0 Å². The average Bonchev–Trinajstić information content (AvgIpc) is 2.85. The van der Waals surface area contributed by atoms with Gasteiger partial charge in [-0.1, -0.05) is 36.8 Å². The van der Waals surface area contributed by atoms with Crippen molar-refractivity contribution in [3.05, 3.63) is 59.5 Å². The van der Waals surface area contributed by atoms with E-state index in [0.717, 1.165) is 18.4 Å². The highest BCUT2D eigenvalue weighted by atomic mass is 16.3. The van der Waals surface area contributed by atoms with E-state index >= 15 is 0 Å². The maximum Gasteiger partial charge on any atom is 0.287 e. The van der Waals surface area contributed by atoms with Gasteiger partial charge in [0.25, 0.3) is 5.91 Å². The van der Waals surface area contributed by atoms with Crippen molar-refractivity contribution in [1.82, 2.24) is 5.32 Å². The molecule has 0 bridgehead atoms. The lowest BCUT2D eigenvalue weighted by Crippen LogP contribution is -2.45. The smallest absolute Gasteiger partial charge is 0.287 e. The maximum absolute atomic E-state index is 12.1. The molecule has 1 heterocycles. The molecule has 1 aromatic heterocycles. The van der Waals surface area contributed by atoms with E-state index in [9.17, 15) is 4.79 Å². The number of hydrogen-bond acceptors (Lipinski definition) is 2. The Balaban J connectivity index is 1.71. The topological polar surface area (TPSA) is 42.2 Å². The first-order chi connectivity index (χ1) is 9.71. The van der Waals surface area contributed by atoms with Crippen LogP contribution in [0.5, 0.6) is 0 Å². The van der Waals surface area contributed by atoms with Crippen molar-refractivity contribution in [2.75, 3.05) is 6.54 Å². The predicted octanol–water partition coefficient (Wildman–Crippen LogP) is 3.44. The van der Waals surface area contributed by atoms with E-state index in [0.29, 0.717) is 12.3 Å². The molecule has 3 heteroatoms. The summed E-state index contributed by atoms with van der Waals surface area (Å²) in [5.74, 6) is 0.308. The van der Waals surface area contributed by atoms with Crippen molar-refractivity contribution in [2.45, 2.75) is 31.6 Å². The monoisotopic (exact) mass is 269 g/mol. The number of amides is 1. The molecule has 1 aromatic carbocycles. The summed E-state index contributed by atoms with van der Waals surface area (Å²) >= 11 is 0. The van der Waals surface area contributed by atoms with Crippen molar-refractivity contribution >= 4 is 5.91 Å². The van der Waals surface area contributed by atoms with Crippen LogP contribution in [0, 0.1) is 6.92 Å². The first kappa shape index (κ1) is 13.0. The third kappa shape index (κ3) is 2.24. The first-order valence-corrected chi connectivity index (χ1v) is 7.09. The van der Waals surface area contributed by atoms with Gasteiger partial charge in [-0.2, -0.15) is 0 Å². The van der Waals surface area contributed by atoms with Crippen molar-refractivity contribution in [3.8, 4) is 0 Å². The summed E-state index contributed by atoms with van der Waals surface area (Å²) in [5, 5.41) is 3.03. The Morgan fingerprint density at radius 2 is 2.00 bits per heavy atom. The lowest BCUT2D eigenvalue weighted by Gasteiger charge is -2.42. The number of benzene rings is 1. The molecule has 1 amide bonds. The fourth-order valence-corrected chi connectivity index (χ4v) is 2.90. The highest BCUT2D eigenvalue weighted by molar-refractivity contribution is 5.92. The summed E-state index contributed by atoms with van der Waals surface area (Å²) in [6.45, 7) is 2.56. The van der Waals surface area contributed by atoms with Crippen LogP contribution in [0.1, 0.15) is 40.9 Å². The molecule has 0 unspecified atom stereocenters. The standard InChI is InChI=1S/C17H19NO2/c1-13-8-11-20-15(13)16(19)18-12-17(9-5-10-17)14-6-3-2-4-7-14/h2-4,6-8,11H,5,9-10,12H2,1H3,(H,18,19). The highest BCUT2D eigenvalue weighted by Crippen LogP contribution is 2.43. The van der Waals surface area contributed by atoms with E-state index in [-0.39, 0.29) is 11.3 Å². The number of carbonyl (C=O) groups excluding carboxylic acids is 1. The molecule has 20 heavy (non-hydrogen) atoms. The second-order valence-corrected chi connectivity index (χ2v) is 5.62. The summed E-state index contributed by atoms with van der Waals surface area (Å²) in [5.41, 5.74) is 2.31. The number of carbonyl (C=O) groups is 1. The van der Waals surface area contributed by atoms with Crippen LogP contribution < -0.4 is 5.32 Å². The molecule has 0 spiro atoms. The summed E-state index contributed by atoms with van der Waals surface area (Å²) < 4.78 is 5.24. The second-order valence-electron chi connectivity index (χ2n) is 5.62. The van der Waals surface area contributed by atoms with E-state index < -0.39 is 0 Å². The van der Waals surface area contributed by atoms with Crippen LogP contribution in [0.2, 0.25) is 0 Å². The van der Waals surface area contributed by atoms with Crippen LogP contribution in [0.15, 0.2) is 47.1 Å². The first-order valence-electron chi connectivity index (χ1n) is 7.09. The second kappa shape index (κ2) is 5.16. The van der Waals surface area contributed by atoms with E-state index in [2.05, 4.69) is 29.6 Å². The highest BCUT2D eigenvalue weighted by Gasteiger charge is 2.38. The van der Waals surface area contributed by atoms with Gasteiger partial charge < -0.3 is 9.73 Å². The Bertz CT molecular complexity index is 596. The van der Waals surface area contributed by atoms with Crippen LogP contribution >= 0.6 is 0 Å². The van der Waals surface area contributed by atoms with Crippen LogP contribution in [-0.2, 0) is 5.41 Å². The molecule has 0 atom stereocenters. The Morgan fingerprint density at radius 1 is 1.25 bits per heavy atom. The lowest BCUT2D eigenvalue weighted by atomic mass is 9.64. The molecule has 1 fully saturated rings. The Kier molecular flexibility index (Phi) is 3.35. The largest absolute Gasteiger partial charge is 0.459 e. The molecular formula is C17H19NO2. The molecule has 0 aliphatic heterocycles. The van der Waals surface area contributed by atoms with E-state index in [4.69, 9.17) is 4.42 Å². The minimum Gasteiger partial charge on any atom is -0.459 e. The van der Waals surface area contributed by atoms with Crippen molar-refractivity contribution in [3.63, 3.8) is 0 Å². The number of aryl methyl sites for hydroxylation is 1. The van der Waals surface area contributed by atoms with Crippen molar-refractivity contribution in [2.24, 2.45) is 0 Å². The molecule has 1 aliphatic rings. The van der Waals surface area contributed by atoms with Gasteiger partial charge >= 0.3 is 0 Å². The predicted molar refractivity (Wildman–Crippen MR) is 77.7 cm³/mol. The minimum absolute atomic E-state index is 0.109. The molecule has 2 aromatic rings. The molecule has 104 valence electrons. The molecule has 1 saturated carbocycles. The third-order valence-corrected chi connectivity index (χ3v) is 4.35. The van der Waals surface area contributed by atoms with E-state index in [1.54, 1.807) is 6.26 Å². The third-order valence-electron chi connectivity index (χ3n) is 4.35. The minimum atomic E-state index is -0.116. The SMILES string of the molecule is Cc1ccoc1C(=O)NCC1(c2ccccc2)CCC1. The number of hydrogen-bond donors (Lipinski definition) is 1. The summed E-state index contributed by atoms with van der Waals surface area (Å²) in [7, 11) is 0. The van der Waals surface area contributed by atoms with Gasteiger partial charge in [0.05, 0.1) is 6.26 Å². The van der Waals surface area contributed by atoms with Gasteiger partial charge in [0.15, 0.2) is 5.76 Å². The zero-order valence-electron chi connectivity index (χ0n) is 11.7.